The molecule has 25 heavy (non-hydrogen) atoms. The number of anilines is 1. The largest absolute Gasteiger partial charge is 0.451 e. The van der Waals surface area contributed by atoms with Crippen LogP contribution in [0.1, 0.15) is 10.6 Å². The maximum atomic E-state index is 12.5. The molecule has 3 aromatic heterocycles. The van der Waals surface area contributed by atoms with E-state index in [2.05, 4.69) is 15.6 Å². The summed E-state index contributed by atoms with van der Waals surface area (Å²) in [5.41, 5.74) is 2.70. The zero-order chi connectivity index (χ0) is 17.2. The molecule has 4 aromatic rings. The Morgan fingerprint density at radius 2 is 1.96 bits per heavy atom. The van der Waals surface area contributed by atoms with Crippen LogP contribution in [-0.4, -0.2) is 20.8 Å². The molecule has 7 nitrogen and oxygen atoms in total. The number of nitrogens with one attached hydrogen (secondary N) is 1. The van der Waals surface area contributed by atoms with Crippen molar-refractivity contribution in [2.75, 3.05) is 5.32 Å². The van der Waals surface area contributed by atoms with Crippen LogP contribution < -0.4 is 5.32 Å². The fraction of sp³-hybridized carbons (Fsp3) is 0.0556. The summed E-state index contributed by atoms with van der Waals surface area (Å²) in [6.45, 7) is 0. The third kappa shape index (κ3) is 2.94. The van der Waals surface area contributed by atoms with E-state index in [1.54, 1.807) is 23.0 Å². The van der Waals surface area contributed by atoms with Gasteiger partial charge in [-0.05, 0) is 12.1 Å². The van der Waals surface area contributed by atoms with Crippen LogP contribution in [0.25, 0.3) is 22.6 Å². The Labute approximate surface area is 142 Å². The van der Waals surface area contributed by atoms with Crippen molar-refractivity contribution >= 4 is 11.6 Å². The molecule has 0 aliphatic carbocycles. The molecule has 1 amide bonds. The van der Waals surface area contributed by atoms with E-state index in [0.717, 1.165) is 11.1 Å². The number of hydrogen-bond donors (Lipinski definition) is 1. The molecular weight excluding hydrogens is 320 g/mol. The summed E-state index contributed by atoms with van der Waals surface area (Å²) in [5.74, 6) is 0.390. The van der Waals surface area contributed by atoms with Gasteiger partial charge < -0.3 is 14.3 Å². The summed E-state index contributed by atoms with van der Waals surface area (Å²) >= 11 is 0. The monoisotopic (exact) mass is 334 g/mol. The first-order valence-electron chi connectivity index (χ1n) is 7.61. The maximum Gasteiger partial charge on any atom is 0.291 e. The Balaban J connectivity index is 1.56. The van der Waals surface area contributed by atoms with Gasteiger partial charge in [0.2, 0.25) is 0 Å². The fourth-order valence-corrected chi connectivity index (χ4v) is 2.48. The molecule has 0 atom stereocenters. The second-order valence-electron chi connectivity index (χ2n) is 5.46. The van der Waals surface area contributed by atoms with Crippen LogP contribution in [-0.2, 0) is 7.05 Å². The van der Waals surface area contributed by atoms with Gasteiger partial charge in [-0.2, -0.15) is 5.10 Å². The van der Waals surface area contributed by atoms with E-state index in [9.17, 15) is 4.79 Å². The van der Waals surface area contributed by atoms with E-state index in [1.165, 1.54) is 6.26 Å². The molecule has 4 rings (SSSR count). The normalized spacial score (nSPS) is 10.8. The lowest BCUT2D eigenvalue weighted by Crippen LogP contribution is -2.11. The minimum Gasteiger partial charge on any atom is -0.451 e. The Morgan fingerprint density at radius 3 is 2.72 bits per heavy atom. The first kappa shape index (κ1) is 14.9. The summed E-state index contributed by atoms with van der Waals surface area (Å²) in [6.07, 6.45) is 4.88. The van der Waals surface area contributed by atoms with Crippen LogP contribution >= 0.6 is 0 Å². The summed E-state index contributed by atoms with van der Waals surface area (Å²) in [5, 5.41) is 10.8. The van der Waals surface area contributed by atoms with Gasteiger partial charge >= 0.3 is 0 Å². The number of hydrogen-bond acceptors (Lipinski definition) is 5. The summed E-state index contributed by atoms with van der Waals surface area (Å²) in [4.78, 5) is 12.5. The lowest BCUT2D eigenvalue weighted by Gasteiger charge is -2.02. The molecule has 0 aliphatic rings. The molecule has 0 aliphatic heterocycles. The van der Waals surface area contributed by atoms with Gasteiger partial charge in [-0.15, -0.1) is 0 Å². The first-order valence-corrected chi connectivity index (χ1v) is 7.61. The van der Waals surface area contributed by atoms with Crippen molar-refractivity contribution in [2.45, 2.75) is 0 Å². The Bertz CT molecular complexity index is 1010. The van der Waals surface area contributed by atoms with E-state index in [0.29, 0.717) is 17.1 Å². The van der Waals surface area contributed by atoms with Crippen LogP contribution in [0.5, 0.6) is 0 Å². The molecule has 0 spiro atoms. The van der Waals surface area contributed by atoms with Gasteiger partial charge in [0.05, 0.1) is 11.8 Å². The first-order chi connectivity index (χ1) is 12.2. The highest BCUT2D eigenvalue weighted by Gasteiger charge is 2.17. The predicted molar refractivity (Wildman–Crippen MR) is 90.8 cm³/mol. The van der Waals surface area contributed by atoms with Crippen LogP contribution in [0, 0.1) is 0 Å². The summed E-state index contributed by atoms with van der Waals surface area (Å²) < 4.78 is 12.3. The number of furan rings is 1. The van der Waals surface area contributed by atoms with E-state index < -0.39 is 0 Å². The fourth-order valence-electron chi connectivity index (χ4n) is 2.48. The van der Waals surface area contributed by atoms with Gasteiger partial charge in [0.1, 0.15) is 23.4 Å². The maximum absolute atomic E-state index is 12.5. The number of benzene rings is 1. The zero-order valence-corrected chi connectivity index (χ0v) is 13.3. The average Bonchev–Trinajstić information content (AvgIpc) is 3.35. The highest BCUT2D eigenvalue weighted by molar-refractivity contribution is 6.04. The van der Waals surface area contributed by atoms with Crippen LogP contribution in [0.3, 0.4) is 0 Å². The Hall–Kier alpha value is -3.61. The number of aromatic nitrogens is 3. The molecule has 0 unspecified atom stereocenters. The van der Waals surface area contributed by atoms with E-state index in [4.69, 9.17) is 8.94 Å². The molecule has 1 aromatic carbocycles. The van der Waals surface area contributed by atoms with Gasteiger partial charge in [-0.1, -0.05) is 35.5 Å². The Morgan fingerprint density at radius 1 is 1.12 bits per heavy atom. The van der Waals surface area contributed by atoms with Crippen molar-refractivity contribution in [2.24, 2.45) is 7.05 Å². The number of rotatable bonds is 4. The standard InChI is InChI=1S/C18H14N4O3/c1-22-10-13(9-19-22)15-7-8-16(25-15)18(23)20-14-11-24-21-17(14)12-5-3-2-4-6-12/h2-11H,1H3,(H,20,23). The topological polar surface area (TPSA) is 86.1 Å². The van der Waals surface area contributed by atoms with Gasteiger partial charge in [0, 0.05) is 18.8 Å². The predicted octanol–water partition coefficient (Wildman–Crippen LogP) is 3.59. The van der Waals surface area contributed by atoms with E-state index in [1.807, 2.05) is 43.6 Å². The SMILES string of the molecule is Cn1cc(-c2ccc(C(=O)Nc3conc3-c3ccccc3)o2)cn1. The lowest BCUT2D eigenvalue weighted by molar-refractivity contribution is 0.0997. The highest BCUT2D eigenvalue weighted by Crippen LogP contribution is 2.27. The molecule has 0 radical (unpaired) electrons. The third-order valence-electron chi connectivity index (χ3n) is 3.68. The van der Waals surface area contributed by atoms with Gasteiger partial charge in [-0.3, -0.25) is 9.48 Å². The molecule has 3 heterocycles. The molecule has 0 saturated heterocycles. The molecule has 0 bridgehead atoms. The van der Waals surface area contributed by atoms with Gasteiger partial charge in [0.25, 0.3) is 5.91 Å². The van der Waals surface area contributed by atoms with E-state index in [-0.39, 0.29) is 11.7 Å². The number of carbonyl (C=O) groups is 1. The Kier molecular flexibility index (Phi) is 3.66. The number of carbonyl (C=O) groups excluding carboxylic acids is 1. The average molecular weight is 334 g/mol. The summed E-state index contributed by atoms with van der Waals surface area (Å²) in [6, 6.07) is 12.8. The van der Waals surface area contributed by atoms with Crippen molar-refractivity contribution in [1.82, 2.24) is 14.9 Å². The minimum atomic E-state index is -0.379. The van der Waals surface area contributed by atoms with Crippen LogP contribution in [0.15, 0.2) is 70.1 Å². The van der Waals surface area contributed by atoms with Gasteiger partial charge in [0.15, 0.2) is 5.76 Å². The number of aryl methyl sites for hydroxylation is 1. The molecule has 124 valence electrons. The molecule has 1 N–H and O–H groups in total. The number of nitrogens with zero attached hydrogens (tertiary/aromatic N) is 3. The zero-order valence-electron chi connectivity index (χ0n) is 13.3. The van der Waals surface area contributed by atoms with Crippen LogP contribution in [0.2, 0.25) is 0 Å². The lowest BCUT2D eigenvalue weighted by atomic mass is 10.1. The van der Waals surface area contributed by atoms with E-state index >= 15 is 0 Å². The highest BCUT2D eigenvalue weighted by atomic mass is 16.5. The second kappa shape index (κ2) is 6.12. The summed E-state index contributed by atoms with van der Waals surface area (Å²) in [7, 11) is 1.82. The van der Waals surface area contributed by atoms with Crippen molar-refractivity contribution in [3.05, 3.63) is 66.9 Å². The molecule has 0 fully saturated rings. The van der Waals surface area contributed by atoms with Gasteiger partial charge in [-0.25, -0.2) is 0 Å². The third-order valence-corrected chi connectivity index (χ3v) is 3.68. The quantitative estimate of drug-likeness (QED) is 0.616. The van der Waals surface area contributed by atoms with Crippen molar-refractivity contribution in [1.29, 1.82) is 0 Å². The van der Waals surface area contributed by atoms with Crippen molar-refractivity contribution in [3.8, 4) is 22.6 Å². The molecular formula is C18H14N4O3. The smallest absolute Gasteiger partial charge is 0.291 e. The van der Waals surface area contributed by atoms with Crippen molar-refractivity contribution in [3.63, 3.8) is 0 Å². The number of amides is 1. The second-order valence-corrected chi connectivity index (χ2v) is 5.46. The molecule has 0 saturated carbocycles. The molecule has 7 heteroatoms. The van der Waals surface area contributed by atoms with Crippen molar-refractivity contribution < 1.29 is 13.7 Å². The minimum absolute atomic E-state index is 0.194. The van der Waals surface area contributed by atoms with Crippen LogP contribution in [0.4, 0.5) is 5.69 Å².